The number of aryl methyl sites for hydroxylation is 1. The van der Waals surface area contributed by atoms with Crippen LogP contribution in [0.2, 0.25) is 0 Å². The molecule has 2 heterocycles. The number of rotatable bonds is 4. The second-order valence-electron chi connectivity index (χ2n) is 6.40. The molecule has 3 aromatic rings. The molecule has 0 atom stereocenters. The summed E-state index contributed by atoms with van der Waals surface area (Å²) >= 11 is 0. The van der Waals surface area contributed by atoms with E-state index < -0.39 is 0 Å². The van der Waals surface area contributed by atoms with Crippen molar-refractivity contribution in [1.82, 2.24) is 24.8 Å². The Kier molecular flexibility index (Phi) is 4.01. The molecule has 1 saturated carbocycles. The van der Waals surface area contributed by atoms with E-state index in [-0.39, 0.29) is 17.8 Å². The third kappa shape index (κ3) is 3.15. The first kappa shape index (κ1) is 15.5. The van der Waals surface area contributed by atoms with Crippen LogP contribution in [0.1, 0.15) is 34.9 Å². The fraction of sp³-hybridized carbons (Fsp3) is 0.263. The van der Waals surface area contributed by atoms with Crippen LogP contribution in [-0.2, 0) is 7.05 Å². The van der Waals surface area contributed by atoms with Gasteiger partial charge in [-0.3, -0.25) is 4.79 Å². The molecule has 1 aliphatic carbocycles. The van der Waals surface area contributed by atoms with Crippen molar-refractivity contribution in [2.24, 2.45) is 7.05 Å². The van der Waals surface area contributed by atoms with E-state index in [2.05, 4.69) is 44.5 Å². The number of nitrogens with zero attached hydrogens (tertiary/aromatic N) is 4. The van der Waals surface area contributed by atoms with Crippen molar-refractivity contribution in [2.75, 3.05) is 0 Å². The van der Waals surface area contributed by atoms with Crippen LogP contribution in [0.4, 0.5) is 0 Å². The molecule has 1 fully saturated rings. The maximum atomic E-state index is 12.4. The SMILES string of the molecule is Cn1cncc1-c1ccnc(C(=O)NC2CC(c3ccccc3)C2)n1. The summed E-state index contributed by atoms with van der Waals surface area (Å²) in [6, 6.07) is 12.4. The normalized spacial score (nSPS) is 19.2. The standard InChI is InChI=1S/C19H19N5O/c1-24-12-20-11-17(24)16-7-8-21-18(23-16)19(25)22-15-9-14(10-15)13-5-3-2-4-6-13/h2-8,11-12,14-15H,9-10H2,1H3,(H,22,25). The molecule has 0 saturated heterocycles. The Morgan fingerprint density at radius 3 is 2.72 bits per heavy atom. The minimum Gasteiger partial charge on any atom is -0.347 e. The molecular formula is C19H19N5O. The first-order valence-electron chi connectivity index (χ1n) is 8.36. The van der Waals surface area contributed by atoms with E-state index in [1.54, 1.807) is 24.8 Å². The fourth-order valence-electron chi connectivity index (χ4n) is 3.20. The average Bonchev–Trinajstić information content (AvgIpc) is 3.04. The van der Waals surface area contributed by atoms with Gasteiger partial charge in [0.2, 0.25) is 5.82 Å². The number of carbonyl (C=O) groups is 1. The van der Waals surface area contributed by atoms with E-state index in [0.717, 1.165) is 18.5 Å². The summed E-state index contributed by atoms with van der Waals surface area (Å²) in [5.41, 5.74) is 2.88. The molecule has 0 radical (unpaired) electrons. The highest BCUT2D eigenvalue weighted by Crippen LogP contribution is 2.36. The topological polar surface area (TPSA) is 72.7 Å². The molecule has 1 amide bonds. The lowest BCUT2D eigenvalue weighted by Gasteiger charge is -2.36. The van der Waals surface area contributed by atoms with E-state index in [4.69, 9.17) is 0 Å². The molecule has 1 aromatic carbocycles. The van der Waals surface area contributed by atoms with Crippen molar-refractivity contribution in [1.29, 1.82) is 0 Å². The number of hydrogen-bond donors (Lipinski definition) is 1. The zero-order chi connectivity index (χ0) is 17.2. The zero-order valence-electron chi connectivity index (χ0n) is 14.0. The highest BCUT2D eigenvalue weighted by atomic mass is 16.2. The lowest BCUT2D eigenvalue weighted by molar-refractivity contribution is 0.0898. The summed E-state index contributed by atoms with van der Waals surface area (Å²) in [4.78, 5) is 25.0. The third-order valence-electron chi connectivity index (χ3n) is 4.68. The molecule has 2 aromatic heterocycles. The van der Waals surface area contributed by atoms with Crippen molar-refractivity contribution in [3.8, 4) is 11.4 Å². The van der Waals surface area contributed by atoms with Gasteiger partial charge in [0, 0.05) is 19.3 Å². The molecule has 1 N–H and O–H groups in total. The summed E-state index contributed by atoms with van der Waals surface area (Å²) in [7, 11) is 1.89. The van der Waals surface area contributed by atoms with Gasteiger partial charge in [-0.05, 0) is 30.4 Å². The van der Waals surface area contributed by atoms with Gasteiger partial charge in [-0.2, -0.15) is 0 Å². The van der Waals surface area contributed by atoms with Crippen LogP contribution < -0.4 is 5.32 Å². The number of imidazole rings is 1. The molecule has 25 heavy (non-hydrogen) atoms. The van der Waals surface area contributed by atoms with Crippen LogP contribution in [0.15, 0.2) is 55.1 Å². The van der Waals surface area contributed by atoms with Crippen molar-refractivity contribution in [3.63, 3.8) is 0 Å². The van der Waals surface area contributed by atoms with E-state index in [1.165, 1.54) is 5.56 Å². The first-order valence-corrected chi connectivity index (χ1v) is 8.36. The summed E-state index contributed by atoms with van der Waals surface area (Å²) in [6.07, 6.45) is 6.95. The van der Waals surface area contributed by atoms with E-state index in [1.807, 2.05) is 17.7 Å². The van der Waals surface area contributed by atoms with E-state index in [9.17, 15) is 4.79 Å². The van der Waals surface area contributed by atoms with Crippen LogP contribution >= 0.6 is 0 Å². The van der Waals surface area contributed by atoms with E-state index >= 15 is 0 Å². The Morgan fingerprint density at radius 2 is 2.00 bits per heavy atom. The number of aromatic nitrogens is 4. The quantitative estimate of drug-likeness (QED) is 0.796. The van der Waals surface area contributed by atoms with Crippen molar-refractivity contribution in [3.05, 3.63) is 66.5 Å². The van der Waals surface area contributed by atoms with Crippen LogP contribution in [0.25, 0.3) is 11.4 Å². The lowest BCUT2D eigenvalue weighted by Crippen LogP contribution is -2.43. The predicted octanol–water partition coefficient (Wildman–Crippen LogP) is 2.55. The summed E-state index contributed by atoms with van der Waals surface area (Å²) in [6.45, 7) is 0. The number of hydrogen-bond acceptors (Lipinski definition) is 4. The second kappa shape index (κ2) is 6.47. The number of nitrogens with one attached hydrogen (secondary N) is 1. The van der Waals surface area contributed by atoms with Gasteiger partial charge in [0.05, 0.1) is 23.9 Å². The Balaban J connectivity index is 1.40. The van der Waals surface area contributed by atoms with Crippen LogP contribution in [0.3, 0.4) is 0 Å². The van der Waals surface area contributed by atoms with Crippen LogP contribution in [-0.4, -0.2) is 31.5 Å². The van der Waals surface area contributed by atoms with Gasteiger partial charge in [0.25, 0.3) is 5.91 Å². The minimum absolute atomic E-state index is 0.182. The molecule has 6 nitrogen and oxygen atoms in total. The highest BCUT2D eigenvalue weighted by Gasteiger charge is 2.31. The Morgan fingerprint density at radius 1 is 1.20 bits per heavy atom. The molecule has 0 spiro atoms. The Hall–Kier alpha value is -3.02. The van der Waals surface area contributed by atoms with Crippen molar-refractivity contribution >= 4 is 5.91 Å². The monoisotopic (exact) mass is 333 g/mol. The highest BCUT2D eigenvalue weighted by molar-refractivity contribution is 5.91. The van der Waals surface area contributed by atoms with Gasteiger partial charge in [-0.1, -0.05) is 30.3 Å². The molecule has 126 valence electrons. The van der Waals surface area contributed by atoms with Crippen LogP contribution in [0.5, 0.6) is 0 Å². The summed E-state index contributed by atoms with van der Waals surface area (Å²) in [5.74, 6) is 0.496. The number of carbonyl (C=O) groups excluding carboxylic acids is 1. The summed E-state index contributed by atoms with van der Waals surface area (Å²) in [5, 5.41) is 3.03. The average molecular weight is 333 g/mol. The summed E-state index contributed by atoms with van der Waals surface area (Å²) < 4.78 is 1.86. The Bertz CT molecular complexity index is 884. The smallest absolute Gasteiger partial charge is 0.289 e. The fourth-order valence-corrected chi connectivity index (χ4v) is 3.20. The molecule has 0 unspecified atom stereocenters. The van der Waals surface area contributed by atoms with Gasteiger partial charge < -0.3 is 9.88 Å². The Labute approximate surface area is 146 Å². The molecular weight excluding hydrogens is 314 g/mol. The molecule has 4 rings (SSSR count). The maximum Gasteiger partial charge on any atom is 0.289 e. The predicted molar refractivity (Wildman–Crippen MR) is 93.9 cm³/mol. The van der Waals surface area contributed by atoms with Gasteiger partial charge in [-0.15, -0.1) is 0 Å². The van der Waals surface area contributed by atoms with Gasteiger partial charge in [-0.25, -0.2) is 15.0 Å². The van der Waals surface area contributed by atoms with Crippen molar-refractivity contribution in [2.45, 2.75) is 24.8 Å². The molecule has 6 heteroatoms. The third-order valence-corrected chi connectivity index (χ3v) is 4.68. The number of benzene rings is 1. The van der Waals surface area contributed by atoms with Crippen LogP contribution in [0, 0.1) is 0 Å². The van der Waals surface area contributed by atoms with Gasteiger partial charge in [0.1, 0.15) is 0 Å². The van der Waals surface area contributed by atoms with E-state index in [0.29, 0.717) is 11.6 Å². The first-order chi connectivity index (χ1) is 12.2. The zero-order valence-corrected chi connectivity index (χ0v) is 14.0. The second-order valence-corrected chi connectivity index (χ2v) is 6.40. The maximum absolute atomic E-state index is 12.4. The minimum atomic E-state index is -0.222. The molecule has 0 bridgehead atoms. The lowest BCUT2D eigenvalue weighted by atomic mass is 9.76. The van der Waals surface area contributed by atoms with Gasteiger partial charge in [0.15, 0.2) is 0 Å². The molecule has 1 aliphatic rings. The molecule has 0 aliphatic heterocycles. The van der Waals surface area contributed by atoms with Gasteiger partial charge >= 0.3 is 0 Å². The number of amides is 1. The van der Waals surface area contributed by atoms with Crippen molar-refractivity contribution < 1.29 is 4.79 Å². The largest absolute Gasteiger partial charge is 0.347 e.